The van der Waals surface area contributed by atoms with Crippen LogP contribution in [0.4, 0.5) is 0 Å². The summed E-state index contributed by atoms with van der Waals surface area (Å²) < 4.78 is 0. The Kier molecular flexibility index (Phi) is 3.91. The molecule has 1 aliphatic rings. The third-order valence-electron chi connectivity index (χ3n) is 3.03. The molecule has 0 bridgehead atoms. The molecule has 0 unspecified atom stereocenters. The van der Waals surface area contributed by atoms with Crippen LogP contribution in [0.1, 0.15) is 20.3 Å². The summed E-state index contributed by atoms with van der Waals surface area (Å²) in [7, 11) is 2.02. The van der Waals surface area contributed by atoms with Crippen LogP contribution in [0, 0.1) is 5.41 Å². The maximum Gasteiger partial charge on any atom is 0.309 e. The van der Waals surface area contributed by atoms with Gasteiger partial charge in [0.2, 0.25) is 5.91 Å². The van der Waals surface area contributed by atoms with Crippen molar-refractivity contribution < 1.29 is 14.7 Å². The summed E-state index contributed by atoms with van der Waals surface area (Å²) in [5.41, 5.74) is -0.972. The molecule has 1 heterocycles. The average molecular weight is 228 g/mol. The Morgan fingerprint density at radius 2 is 1.69 bits per heavy atom. The normalized spacial score (nSPS) is 18.6. The summed E-state index contributed by atoms with van der Waals surface area (Å²) in [6.07, 6.45) is 0.0754. The molecule has 0 aromatic heterocycles. The lowest BCUT2D eigenvalue weighted by atomic mass is 9.89. The number of hydrogen-bond acceptors (Lipinski definition) is 3. The quantitative estimate of drug-likeness (QED) is 0.752. The zero-order chi connectivity index (χ0) is 12.3. The largest absolute Gasteiger partial charge is 0.481 e. The van der Waals surface area contributed by atoms with Gasteiger partial charge in [-0.2, -0.15) is 0 Å². The van der Waals surface area contributed by atoms with E-state index in [1.54, 1.807) is 18.7 Å². The minimum atomic E-state index is -0.972. The van der Waals surface area contributed by atoms with Crippen LogP contribution in [0.2, 0.25) is 0 Å². The Morgan fingerprint density at radius 3 is 2.12 bits per heavy atom. The third kappa shape index (κ3) is 3.20. The number of nitrogens with zero attached hydrogens (tertiary/aromatic N) is 2. The van der Waals surface area contributed by atoms with Gasteiger partial charge in [0, 0.05) is 32.6 Å². The molecule has 92 valence electrons. The number of carbonyl (C=O) groups excluding carboxylic acids is 1. The number of likely N-dealkylation sites (N-methyl/N-ethyl adjacent to an activating group) is 1. The topological polar surface area (TPSA) is 60.9 Å². The number of hydrogen-bond donors (Lipinski definition) is 1. The molecule has 5 heteroatoms. The van der Waals surface area contributed by atoms with Gasteiger partial charge in [-0.15, -0.1) is 0 Å². The van der Waals surface area contributed by atoms with Crippen molar-refractivity contribution in [3.05, 3.63) is 0 Å². The van der Waals surface area contributed by atoms with Crippen LogP contribution in [0.15, 0.2) is 0 Å². The highest BCUT2D eigenvalue weighted by Crippen LogP contribution is 2.22. The summed E-state index contributed by atoms with van der Waals surface area (Å²) in [6.45, 7) is 6.29. The second-order valence-electron chi connectivity index (χ2n) is 5.05. The molecular formula is C11H20N2O3. The SMILES string of the molecule is CN1CCN(C(=O)CC(C)(C)C(=O)O)CC1. The molecule has 1 rings (SSSR count). The number of carbonyl (C=O) groups is 2. The summed E-state index contributed by atoms with van der Waals surface area (Å²) in [5.74, 6) is -0.976. The Hall–Kier alpha value is -1.10. The molecule has 0 aliphatic carbocycles. The van der Waals surface area contributed by atoms with E-state index in [2.05, 4.69) is 4.90 Å². The van der Waals surface area contributed by atoms with E-state index < -0.39 is 11.4 Å². The highest BCUT2D eigenvalue weighted by molar-refractivity contribution is 5.84. The molecule has 1 aliphatic heterocycles. The van der Waals surface area contributed by atoms with Crippen LogP contribution in [0.3, 0.4) is 0 Å². The van der Waals surface area contributed by atoms with Crippen LogP contribution < -0.4 is 0 Å². The fraction of sp³-hybridized carbons (Fsp3) is 0.818. The highest BCUT2D eigenvalue weighted by atomic mass is 16.4. The molecule has 0 aromatic carbocycles. The lowest BCUT2D eigenvalue weighted by Crippen LogP contribution is -2.48. The first-order chi connectivity index (χ1) is 7.33. The molecule has 0 aromatic rings. The number of rotatable bonds is 3. The number of carboxylic acids is 1. The van der Waals surface area contributed by atoms with Gasteiger partial charge >= 0.3 is 5.97 Å². The number of piperazine rings is 1. The van der Waals surface area contributed by atoms with Gasteiger partial charge in [0.1, 0.15) is 0 Å². The predicted octanol–water partition coefficient (Wildman–Crippen LogP) is 0.261. The fourth-order valence-corrected chi connectivity index (χ4v) is 1.62. The molecule has 0 atom stereocenters. The molecule has 0 saturated carbocycles. The number of aliphatic carboxylic acids is 1. The van der Waals surface area contributed by atoms with Gasteiger partial charge in [0.05, 0.1) is 5.41 Å². The summed E-state index contributed by atoms with van der Waals surface area (Å²) in [4.78, 5) is 26.7. The summed E-state index contributed by atoms with van der Waals surface area (Å²) >= 11 is 0. The smallest absolute Gasteiger partial charge is 0.309 e. The first kappa shape index (κ1) is 13.0. The van der Waals surface area contributed by atoms with Crippen molar-refractivity contribution in [1.82, 2.24) is 9.80 Å². The molecule has 0 spiro atoms. The lowest BCUT2D eigenvalue weighted by Gasteiger charge is -2.33. The van der Waals surface area contributed by atoms with Gasteiger partial charge in [-0.25, -0.2) is 0 Å². The second kappa shape index (κ2) is 4.82. The standard InChI is InChI=1S/C11H20N2O3/c1-11(2,10(15)16)8-9(14)13-6-4-12(3)5-7-13/h4-8H2,1-3H3,(H,15,16). The van der Waals surface area contributed by atoms with Crippen LogP contribution in [0.5, 0.6) is 0 Å². The van der Waals surface area contributed by atoms with Gasteiger partial charge in [-0.05, 0) is 20.9 Å². The molecule has 1 fully saturated rings. The van der Waals surface area contributed by atoms with E-state index in [1.807, 2.05) is 7.05 Å². The number of carboxylic acid groups (broad SMARTS) is 1. The van der Waals surface area contributed by atoms with Crippen molar-refractivity contribution in [2.24, 2.45) is 5.41 Å². The van der Waals surface area contributed by atoms with E-state index >= 15 is 0 Å². The maximum atomic E-state index is 11.9. The van der Waals surface area contributed by atoms with Crippen LogP contribution in [-0.2, 0) is 9.59 Å². The van der Waals surface area contributed by atoms with Gasteiger partial charge in [0.25, 0.3) is 0 Å². The van der Waals surface area contributed by atoms with E-state index in [4.69, 9.17) is 5.11 Å². The van der Waals surface area contributed by atoms with Crippen molar-refractivity contribution in [2.75, 3.05) is 33.2 Å². The van der Waals surface area contributed by atoms with E-state index in [-0.39, 0.29) is 12.3 Å². The Labute approximate surface area is 96.0 Å². The van der Waals surface area contributed by atoms with Gasteiger partial charge in [0.15, 0.2) is 0 Å². The molecule has 5 nitrogen and oxygen atoms in total. The average Bonchev–Trinajstić information content (AvgIpc) is 2.17. The maximum absolute atomic E-state index is 11.9. The van der Waals surface area contributed by atoms with Crippen LogP contribution in [0.25, 0.3) is 0 Å². The van der Waals surface area contributed by atoms with E-state index in [0.717, 1.165) is 13.1 Å². The Morgan fingerprint density at radius 1 is 1.19 bits per heavy atom. The molecule has 16 heavy (non-hydrogen) atoms. The van der Waals surface area contributed by atoms with Crippen LogP contribution in [-0.4, -0.2) is 60.0 Å². The third-order valence-corrected chi connectivity index (χ3v) is 3.03. The predicted molar refractivity (Wildman–Crippen MR) is 60.1 cm³/mol. The fourth-order valence-electron chi connectivity index (χ4n) is 1.62. The van der Waals surface area contributed by atoms with E-state index in [1.165, 1.54) is 0 Å². The molecule has 0 radical (unpaired) electrons. The second-order valence-corrected chi connectivity index (χ2v) is 5.05. The van der Waals surface area contributed by atoms with Crippen molar-refractivity contribution >= 4 is 11.9 Å². The van der Waals surface area contributed by atoms with E-state index in [9.17, 15) is 9.59 Å². The van der Waals surface area contributed by atoms with Gasteiger partial charge in [-0.1, -0.05) is 0 Å². The van der Waals surface area contributed by atoms with Gasteiger partial charge < -0.3 is 14.9 Å². The van der Waals surface area contributed by atoms with Crippen molar-refractivity contribution in [1.29, 1.82) is 0 Å². The first-order valence-corrected chi connectivity index (χ1v) is 5.52. The summed E-state index contributed by atoms with van der Waals surface area (Å²) in [5, 5.41) is 8.95. The van der Waals surface area contributed by atoms with Crippen molar-refractivity contribution in [3.63, 3.8) is 0 Å². The van der Waals surface area contributed by atoms with Crippen molar-refractivity contribution in [3.8, 4) is 0 Å². The number of amides is 1. The van der Waals surface area contributed by atoms with Crippen molar-refractivity contribution in [2.45, 2.75) is 20.3 Å². The monoisotopic (exact) mass is 228 g/mol. The molecule has 1 amide bonds. The zero-order valence-corrected chi connectivity index (χ0v) is 10.2. The minimum absolute atomic E-state index is 0.0551. The van der Waals surface area contributed by atoms with Crippen LogP contribution >= 0.6 is 0 Å². The Bertz CT molecular complexity index is 281. The minimum Gasteiger partial charge on any atom is -0.481 e. The Balaban J connectivity index is 2.50. The van der Waals surface area contributed by atoms with E-state index in [0.29, 0.717) is 13.1 Å². The molecule has 1 N–H and O–H groups in total. The summed E-state index contributed by atoms with van der Waals surface area (Å²) in [6, 6.07) is 0. The zero-order valence-electron chi connectivity index (χ0n) is 10.2. The highest BCUT2D eigenvalue weighted by Gasteiger charge is 2.32. The molecule has 1 saturated heterocycles. The molecular weight excluding hydrogens is 208 g/mol. The first-order valence-electron chi connectivity index (χ1n) is 5.52. The van der Waals surface area contributed by atoms with Gasteiger partial charge in [-0.3, -0.25) is 9.59 Å². The lowest BCUT2D eigenvalue weighted by molar-refractivity contribution is -0.151.